The highest BCUT2D eigenvalue weighted by atomic mass is 32.1. The fourth-order valence-electron chi connectivity index (χ4n) is 2.62. The first-order valence-corrected chi connectivity index (χ1v) is 10.2. The van der Waals surface area contributed by atoms with E-state index in [1.54, 1.807) is 27.6 Å². The van der Waals surface area contributed by atoms with E-state index in [2.05, 4.69) is 49.2 Å². The summed E-state index contributed by atoms with van der Waals surface area (Å²) in [4.78, 5) is 20.2. The lowest BCUT2D eigenvalue weighted by molar-refractivity contribution is -0.131. The zero-order chi connectivity index (χ0) is 17.8. The van der Waals surface area contributed by atoms with Crippen LogP contribution in [0.1, 0.15) is 36.0 Å². The maximum atomic E-state index is 12.6. The van der Waals surface area contributed by atoms with Crippen molar-refractivity contribution in [1.29, 1.82) is 0 Å². The van der Waals surface area contributed by atoms with Crippen LogP contribution < -0.4 is 0 Å². The fourth-order valence-corrected chi connectivity index (χ4v) is 4.27. The molecular formula is C20H22N2OS2. The molecule has 0 aliphatic rings. The van der Waals surface area contributed by atoms with Crippen LogP contribution in [0.4, 0.5) is 0 Å². The van der Waals surface area contributed by atoms with Crippen molar-refractivity contribution in [3.63, 3.8) is 0 Å². The highest BCUT2D eigenvalue weighted by Gasteiger charge is 2.19. The lowest BCUT2D eigenvalue weighted by atomic mass is 10.1. The number of hydrogen-bond donors (Lipinski definition) is 0. The van der Waals surface area contributed by atoms with E-state index in [1.807, 2.05) is 23.9 Å². The number of nitrogens with zero attached hydrogens (tertiary/aromatic N) is 2. The second kappa shape index (κ2) is 7.93. The first-order valence-electron chi connectivity index (χ1n) is 8.41. The number of amides is 1. The molecule has 0 aliphatic heterocycles. The molecule has 0 saturated carbocycles. The Hall–Kier alpha value is -1.98. The van der Waals surface area contributed by atoms with Crippen molar-refractivity contribution in [2.45, 2.75) is 32.7 Å². The van der Waals surface area contributed by atoms with Crippen molar-refractivity contribution in [2.75, 3.05) is 7.05 Å². The van der Waals surface area contributed by atoms with Gasteiger partial charge in [-0.3, -0.25) is 4.79 Å². The third-order valence-corrected chi connectivity index (χ3v) is 6.41. The van der Waals surface area contributed by atoms with Gasteiger partial charge >= 0.3 is 0 Å². The van der Waals surface area contributed by atoms with E-state index < -0.39 is 0 Å². The molecule has 2 aromatic heterocycles. The number of likely N-dealkylation sites (N-methyl/N-ethyl adjacent to an activating group) is 1. The van der Waals surface area contributed by atoms with Crippen molar-refractivity contribution in [3.8, 4) is 10.6 Å². The van der Waals surface area contributed by atoms with Gasteiger partial charge in [-0.25, -0.2) is 4.98 Å². The predicted molar refractivity (Wildman–Crippen MR) is 106 cm³/mol. The summed E-state index contributed by atoms with van der Waals surface area (Å²) in [5.74, 6) is 0.0964. The van der Waals surface area contributed by atoms with Crippen molar-refractivity contribution in [3.05, 3.63) is 63.3 Å². The summed E-state index contributed by atoms with van der Waals surface area (Å²) in [7, 11) is 1.86. The molecule has 0 radical (unpaired) electrons. The summed E-state index contributed by atoms with van der Waals surface area (Å²) in [6.07, 6.45) is 1.38. The summed E-state index contributed by atoms with van der Waals surface area (Å²) in [6, 6.07) is 12.7. The summed E-state index contributed by atoms with van der Waals surface area (Å²) in [6.45, 7) is 4.21. The Morgan fingerprint density at radius 1 is 1.20 bits per heavy atom. The fraction of sp³-hybridized carbons (Fsp3) is 0.300. The number of hydrogen-bond acceptors (Lipinski definition) is 4. The normalized spacial score (nSPS) is 12.1. The van der Waals surface area contributed by atoms with Gasteiger partial charge in [0.25, 0.3) is 0 Å². The molecule has 0 saturated heterocycles. The molecule has 1 aromatic carbocycles. The number of thiophene rings is 1. The summed E-state index contributed by atoms with van der Waals surface area (Å²) in [5.41, 5.74) is 3.27. The zero-order valence-corrected chi connectivity index (χ0v) is 16.4. The minimum absolute atomic E-state index is 0.0900. The van der Waals surface area contributed by atoms with Crippen LogP contribution in [0.5, 0.6) is 0 Å². The first-order chi connectivity index (χ1) is 12.1. The molecule has 3 nitrogen and oxygen atoms in total. The van der Waals surface area contributed by atoms with E-state index in [4.69, 9.17) is 0 Å². The Balaban J connectivity index is 1.67. The van der Waals surface area contributed by atoms with Crippen LogP contribution in [0.15, 0.2) is 47.2 Å². The molecule has 1 amide bonds. The molecule has 130 valence electrons. The molecule has 1 atom stereocenters. The van der Waals surface area contributed by atoms with Gasteiger partial charge in [-0.15, -0.1) is 22.7 Å². The monoisotopic (exact) mass is 370 g/mol. The Kier molecular flexibility index (Phi) is 5.66. The smallest absolute Gasteiger partial charge is 0.228 e. The first kappa shape index (κ1) is 17.8. The Labute approximate surface area is 157 Å². The number of carbonyl (C=O) groups excluding carboxylic acids is 1. The van der Waals surface area contributed by atoms with Crippen LogP contribution in [0.2, 0.25) is 0 Å². The molecule has 2 heterocycles. The summed E-state index contributed by atoms with van der Waals surface area (Å²) < 4.78 is 0. The third-order valence-electron chi connectivity index (χ3n) is 4.42. The van der Waals surface area contributed by atoms with Gasteiger partial charge < -0.3 is 4.90 Å². The number of rotatable bonds is 6. The molecule has 25 heavy (non-hydrogen) atoms. The van der Waals surface area contributed by atoms with Gasteiger partial charge in [-0.05, 0) is 30.4 Å². The van der Waals surface area contributed by atoms with Crippen LogP contribution in [0.25, 0.3) is 10.6 Å². The van der Waals surface area contributed by atoms with Crippen molar-refractivity contribution in [2.24, 2.45) is 0 Å². The SMILES string of the molecule is CCc1ccc(-c2nc(CC(=O)N(C)C(C)c3cccs3)cs2)cc1. The van der Waals surface area contributed by atoms with Gasteiger partial charge in [0.1, 0.15) is 5.01 Å². The van der Waals surface area contributed by atoms with Gasteiger partial charge in [0.2, 0.25) is 5.91 Å². The highest BCUT2D eigenvalue weighted by Crippen LogP contribution is 2.26. The Morgan fingerprint density at radius 2 is 1.96 bits per heavy atom. The van der Waals surface area contributed by atoms with Crippen LogP contribution in [0, 0.1) is 0 Å². The maximum Gasteiger partial charge on any atom is 0.228 e. The largest absolute Gasteiger partial charge is 0.338 e. The van der Waals surface area contributed by atoms with Gasteiger partial charge in [0.05, 0.1) is 18.2 Å². The lowest BCUT2D eigenvalue weighted by Crippen LogP contribution is -2.30. The minimum Gasteiger partial charge on any atom is -0.338 e. The Morgan fingerprint density at radius 3 is 2.60 bits per heavy atom. The summed E-state index contributed by atoms with van der Waals surface area (Å²) >= 11 is 3.28. The van der Waals surface area contributed by atoms with Crippen molar-refractivity contribution < 1.29 is 4.79 Å². The van der Waals surface area contributed by atoms with Crippen LogP contribution >= 0.6 is 22.7 Å². The van der Waals surface area contributed by atoms with Crippen LogP contribution in [0.3, 0.4) is 0 Å². The molecule has 0 N–H and O–H groups in total. The molecule has 3 rings (SSSR count). The van der Waals surface area contributed by atoms with E-state index in [9.17, 15) is 4.79 Å². The van der Waals surface area contributed by atoms with Crippen LogP contribution in [-0.4, -0.2) is 22.8 Å². The molecule has 1 unspecified atom stereocenters. The standard InChI is InChI=1S/C20H22N2OS2/c1-4-15-7-9-16(10-8-15)20-21-17(13-25-20)12-19(23)22(3)14(2)18-6-5-11-24-18/h5-11,13-14H,4,12H2,1-3H3. The third kappa shape index (κ3) is 4.17. The van der Waals surface area contributed by atoms with Gasteiger partial charge in [-0.1, -0.05) is 37.3 Å². The number of thiazole rings is 1. The maximum absolute atomic E-state index is 12.6. The van der Waals surface area contributed by atoms with Crippen molar-refractivity contribution in [1.82, 2.24) is 9.88 Å². The number of aromatic nitrogens is 1. The predicted octanol–water partition coefficient (Wildman–Crippen LogP) is 5.20. The van der Waals surface area contributed by atoms with Gasteiger partial charge in [0, 0.05) is 22.9 Å². The molecule has 0 fully saturated rings. The van der Waals surface area contributed by atoms with Crippen LogP contribution in [-0.2, 0) is 17.6 Å². The molecule has 0 aliphatic carbocycles. The van der Waals surface area contributed by atoms with Gasteiger partial charge in [-0.2, -0.15) is 0 Å². The minimum atomic E-state index is 0.0900. The van der Waals surface area contributed by atoms with Crippen molar-refractivity contribution >= 4 is 28.6 Å². The highest BCUT2D eigenvalue weighted by molar-refractivity contribution is 7.13. The Bertz CT molecular complexity index is 822. The number of aryl methyl sites for hydroxylation is 1. The average molecular weight is 371 g/mol. The van der Waals surface area contributed by atoms with E-state index in [1.165, 1.54) is 10.4 Å². The molecule has 0 bridgehead atoms. The van der Waals surface area contributed by atoms with E-state index in [0.29, 0.717) is 6.42 Å². The number of carbonyl (C=O) groups is 1. The van der Waals surface area contributed by atoms with E-state index >= 15 is 0 Å². The topological polar surface area (TPSA) is 33.2 Å². The molecule has 5 heteroatoms. The second-order valence-corrected chi connectivity index (χ2v) is 7.90. The molecule has 0 spiro atoms. The van der Waals surface area contributed by atoms with Gasteiger partial charge in [0.15, 0.2) is 0 Å². The van der Waals surface area contributed by atoms with E-state index in [0.717, 1.165) is 22.7 Å². The van der Waals surface area contributed by atoms with E-state index in [-0.39, 0.29) is 11.9 Å². The quantitative estimate of drug-likeness (QED) is 0.598. The second-order valence-electron chi connectivity index (χ2n) is 6.07. The average Bonchev–Trinajstić information content (AvgIpc) is 3.32. The zero-order valence-electron chi connectivity index (χ0n) is 14.7. The number of benzene rings is 1. The lowest BCUT2D eigenvalue weighted by Gasteiger charge is -2.23. The molecule has 3 aromatic rings. The molecular weight excluding hydrogens is 348 g/mol. The summed E-state index contributed by atoms with van der Waals surface area (Å²) in [5, 5.41) is 5.00.